The van der Waals surface area contributed by atoms with Gasteiger partial charge in [0, 0.05) is 25.6 Å². The molecule has 0 atom stereocenters. The van der Waals surface area contributed by atoms with E-state index in [0.29, 0.717) is 0 Å². The third-order valence-corrected chi connectivity index (χ3v) is 3.41. The van der Waals surface area contributed by atoms with Gasteiger partial charge < -0.3 is 15.0 Å². The Hall–Kier alpha value is -1.39. The van der Waals surface area contributed by atoms with Crippen LogP contribution in [0.5, 0.6) is 0 Å². The van der Waals surface area contributed by atoms with Crippen molar-refractivity contribution in [2.75, 3.05) is 19.7 Å². The number of nitrogens with one attached hydrogen (secondary N) is 1. The Bertz CT molecular complexity index is 545. The van der Waals surface area contributed by atoms with Gasteiger partial charge in [0.15, 0.2) is 0 Å². The van der Waals surface area contributed by atoms with Crippen molar-refractivity contribution in [3.05, 3.63) is 30.1 Å². The molecule has 1 heterocycles. The van der Waals surface area contributed by atoms with E-state index >= 15 is 0 Å². The minimum Gasteiger partial charge on any atom is -0.396 e. The van der Waals surface area contributed by atoms with E-state index in [4.69, 9.17) is 0 Å². The van der Waals surface area contributed by atoms with Gasteiger partial charge in [-0.1, -0.05) is 19.9 Å². The maximum absolute atomic E-state index is 9.18. The van der Waals surface area contributed by atoms with Gasteiger partial charge >= 0.3 is 0 Å². The van der Waals surface area contributed by atoms with Gasteiger partial charge in [-0.2, -0.15) is 0 Å². The van der Waals surface area contributed by atoms with Gasteiger partial charge in [-0.15, -0.1) is 0 Å². The maximum atomic E-state index is 9.18. The van der Waals surface area contributed by atoms with Crippen molar-refractivity contribution in [3.8, 4) is 0 Å². The highest BCUT2D eigenvalue weighted by Gasteiger charge is 2.15. The molecule has 1 aromatic carbocycles. The molecule has 1 aromatic heterocycles. The smallest absolute Gasteiger partial charge is 0.0955 e. The summed E-state index contributed by atoms with van der Waals surface area (Å²) in [5.74, 6) is 0. The molecular formula is C15H23N3O. The zero-order chi connectivity index (χ0) is 13.9. The van der Waals surface area contributed by atoms with Crippen molar-refractivity contribution >= 4 is 11.0 Å². The van der Waals surface area contributed by atoms with Crippen LogP contribution in [-0.2, 0) is 13.5 Å². The van der Waals surface area contributed by atoms with Crippen molar-refractivity contribution in [2.45, 2.75) is 20.3 Å². The molecule has 19 heavy (non-hydrogen) atoms. The summed E-state index contributed by atoms with van der Waals surface area (Å²) < 4.78 is 2.03. The molecule has 0 amide bonds. The van der Waals surface area contributed by atoms with Crippen LogP contribution in [0.25, 0.3) is 11.0 Å². The Morgan fingerprint density at radius 2 is 2.16 bits per heavy atom. The van der Waals surface area contributed by atoms with Gasteiger partial charge in [0.25, 0.3) is 0 Å². The van der Waals surface area contributed by atoms with Crippen LogP contribution >= 0.6 is 0 Å². The van der Waals surface area contributed by atoms with E-state index in [-0.39, 0.29) is 12.0 Å². The van der Waals surface area contributed by atoms with Crippen molar-refractivity contribution in [1.29, 1.82) is 0 Å². The summed E-state index contributed by atoms with van der Waals surface area (Å²) in [6, 6.07) is 6.42. The summed E-state index contributed by atoms with van der Waals surface area (Å²) in [4.78, 5) is 4.37. The van der Waals surface area contributed by atoms with Crippen LogP contribution in [0.4, 0.5) is 0 Å². The quantitative estimate of drug-likeness (QED) is 0.779. The fourth-order valence-electron chi connectivity index (χ4n) is 2.05. The van der Waals surface area contributed by atoms with E-state index in [0.717, 1.165) is 30.5 Å². The molecule has 104 valence electrons. The number of aliphatic hydroxyl groups is 1. The Labute approximate surface area is 114 Å². The predicted molar refractivity (Wildman–Crippen MR) is 78.2 cm³/mol. The molecule has 0 saturated heterocycles. The van der Waals surface area contributed by atoms with Gasteiger partial charge in [-0.25, -0.2) is 4.98 Å². The second-order valence-electron chi connectivity index (χ2n) is 5.93. The molecule has 4 heteroatoms. The first-order chi connectivity index (χ1) is 9.02. The average Bonchev–Trinajstić information content (AvgIpc) is 2.76. The minimum atomic E-state index is -0.0507. The summed E-state index contributed by atoms with van der Waals surface area (Å²) in [5, 5.41) is 12.6. The van der Waals surface area contributed by atoms with Crippen molar-refractivity contribution in [1.82, 2.24) is 14.9 Å². The monoisotopic (exact) mass is 261 g/mol. The lowest BCUT2D eigenvalue weighted by molar-refractivity contribution is 0.157. The number of aliphatic hydroxyl groups excluding tert-OH is 1. The van der Waals surface area contributed by atoms with Crippen LogP contribution < -0.4 is 5.32 Å². The number of imidazole rings is 1. The second-order valence-corrected chi connectivity index (χ2v) is 5.93. The first-order valence-corrected chi connectivity index (χ1v) is 6.73. The lowest BCUT2D eigenvalue weighted by atomic mass is 9.95. The Balaban J connectivity index is 1.88. The first-order valence-electron chi connectivity index (χ1n) is 6.73. The third kappa shape index (κ3) is 3.55. The highest BCUT2D eigenvalue weighted by Crippen LogP contribution is 2.14. The van der Waals surface area contributed by atoms with Crippen LogP contribution in [-0.4, -0.2) is 34.4 Å². The van der Waals surface area contributed by atoms with E-state index in [1.165, 1.54) is 5.56 Å². The summed E-state index contributed by atoms with van der Waals surface area (Å²) in [7, 11) is 2.01. The molecule has 0 aliphatic carbocycles. The van der Waals surface area contributed by atoms with Crippen LogP contribution in [0.15, 0.2) is 24.5 Å². The molecule has 0 fully saturated rings. The average molecular weight is 261 g/mol. The largest absolute Gasteiger partial charge is 0.396 e. The number of hydrogen-bond donors (Lipinski definition) is 2. The predicted octanol–water partition coefficient (Wildman–Crippen LogP) is 1.72. The van der Waals surface area contributed by atoms with E-state index in [2.05, 4.69) is 42.3 Å². The molecular weight excluding hydrogens is 238 g/mol. The summed E-state index contributed by atoms with van der Waals surface area (Å²) in [5.41, 5.74) is 3.46. The zero-order valence-corrected chi connectivity index (χ0v) is 12.0. The molecule has 4 nitrogen and oxygen atoms in total. The normalized spacial score (nSPS) is 12.2. The lowest BCUT2D eigenvalue weighted by Crippen LogP contribution is -2.33. The molecule has 2 aromatic rings. The lowest BCUT2D eigenvalue weighted by Gasteiger charge is -2.21. The highest BCUT2D eigenvalue weighted by molar-refractivity contribution is 5.75. The van der Waals surface area contributed by atoms with E-state index in [9.17, 15) is 5.11 Å². The Morgan fingerprint density at radius 3 is 2.89 bits per heavy atom. The third-order valence-electron chi connectivity index (χ3n) is 3.41. The Kier molecular flexibility index (Phi) is 4.22. The van der Waals surface area contributed by atoms with E-state index in [1.54, 1.807) is 0 Å². The van der Waals surface area contributed by atoms with Crippen LogP contribution in [0.3, 0.4) is 0 Å². The zero-order valence-electron chi connectivity index (χ0n) is 12.0. The highest BCUT2D eigenvalue weighted by atomic mass is 16.3. The number of rotatable bonds is 6. The summed E-state index contributed by atoms with van der Waals surface area (Å²) in [6.07, 6.45) is 2.82. The van der Waals surface area contributed by atoms with Crippen LogP contribution in [0.1, 0.15) is 19.4 Å². The molecule has 2 rings (SSSR count). The van der Waals surface area contributed by atoms with Gasteiger partial charge in [0.05, 0.1) is 17.4 Å². The fraction of sp³-hybridized carbons (Fsp3) is 0.533. The number of hydrogen-bond acceptors (Lipinski definition) is 3. The standard InChI is InChI=1S/C15H23N3O/c1-15(2,10-19)9-16-7-6-12-4-5-14-13(8-12)17-11-18(14)3/h4-5,8,11,16,19H,6-7,9-10H2,1-3H3. The minimum absolute atomic E-state index is 0.0507. The number of aryl methyl sites for hydroxylation is 1. The van der Waals surface area contributed by atoms with Crippen molar-refractivity contribution in [3.63, 3.8) is 0 Å². The molecule has 0 unspecified atom stereocenters. The molecule has 0 aliphatic rings. The topological polar surface area (TPSA) is 50.1 Å². The molecule has 0 spiro atoms. The number of nitrogens with zero attached hydrogens (tertiary/aromatic N) is 2. The second kappa shape index (κ2) is 5.72. The van der Waals surface area contributed by atoms with Crippen molar-refractivity contribution < 1.29 is 5.11 Å². The van der Waals surface area contributed by atoms with Crippen molar-refractivity contribution in [2.24, 2.45) is 12.5 Å². The van der Waals surface area contributed by atoms with Gasteiger partial charge in [-0.05, 0) is 30.7 Å². The number of fused-ring (bicyclic) bond motifs is 1. The summed E-state index contributed by atoms with van der Waals surface area (Å²) in [6.45, 7) is 6.07. The van der Waals surface area contributed by atoms with Gasteiger partial charge in [0.2, 0.25) is 0 Å². The van der Waals surface area contributed by atoms with Gasteiger partial charge in [0.1, 0.15) is 0 Å². The summed E-state index contributed by atoms with van der Waals surface area (Å²) >= 11 is 0. The molecule has 0 aliphatic heterocycles. The fourth-order valence-corrected chi connectivity index (χ4v) is 2.05. The number of aromatic nitrogens is 2. The Morgan fingerprint density at radius 1 is 1.37 bits per heavy atom. The molecule has 0 bridgehead atoms. The maximum Gasteiger partial charge on any atom is 0.0955 e. The first kappa shape index (κ1) is 14.0. The SMILES string of the molecule is Cn1cnc2cc(CCNCC(C)(C)CO)ccc21. The molecule has 0 radical (unpaired) electrons. The van der Waals surface area contributed by atoms with Crippen LogP contribution in [0.2, 0.25) is 0 Å². The van der Waals surface area contributed by atoms with E-state index in [1.807, 2.05) is 17.9 Å². The molecule has 0 saturated carbocycles. The van der Waals surface area contributed by atoms with Gasteiger partial charge in [-0.3, -0.25) is 0 Å². The molecule has 2 N–H and O–H groups in total. The van der Waals surface area contributed by atoms with E-state index < -0.39 is 0 Å². The van der Waals surface area contributed by atoms with Crippen LogP contribution in [0, 0.1) is 5.41 Å². The number of benzene rings is 1.